The van der Waals surface area contributed by atoms with Gasteiger partial charge in [-0.05, 0) is 18.2 Å². The van der Waals surface area contributed by atoms with E-state index in [0.717, 1.165) is 6.26 Å². The summed E-state index contributed by atoms with van der Waals surface area (Å²) in [7, 11) is -3.07. The van der Waals surface area contributed by atoms with Crippen LogP contribution in [-0.2, 0) is 9.84 Å². The van der Waals surface area contributed by atoms with Gasteiger partial charge in [-0.15, -0.1) is 0 Å². The zero-order valence-electron chi connectivity index (χ0n) is 9.63. The van der Waals surface area contributed by atoms with Crippen molar-refractivity contribution in [2.24, 2.45) is 10.9 Å². The minimum Gasteiger partial charge on any atom is -0.491 e. The standard InChI is InChI=1S/C10H13ClN2O4S/c1-18(15,16)5-4-17-9-3-2-7(6-8(9)11)10(12)13-14/h2-3,6,14H,4-5H2,1H3,(H2,12,13). The summed E-state index contributed by atoms with van der Waals surface area (Å²) >= 11 is 5.91. The van der Waals surface area contributed by atoms with E-state index in [-0.39, 0.29) is 23.2 Å². The number of rotatable bonds is 5. The van der Waals surface area contributed by atoms with E-state index in [9.17, 15) is 8.42 Å². The van der Waals surface area contributed by atoms with Gasteiger partial charge in [-0.3, -0.25) is 0 Å². The maximum atomic E-state index is 10.9. The van der Waals surface area contributed by atoms with E-state index in [4.69, 9.17) is 27.3 Å². The Morgan fingerprint density at radius 1 is 1.56 bits per heavy atom. The third-order valence-electron chi connectivity index (χ3n) is 2.05. The molecule has 0 atom stereocenters. The molecule has 0 unspecified atom stereocenters. The van der Waals surface area contributed by atoms with Crippen molar-refractivity contribution >= 4 is 27.3 Å². The van der Waals surface area contributed by atoms with Crippen LogP contribution in [0.1, 0.15) is 5.56 Å². The molecule has 8 heteroatoms. The van der Waals surface area contributed by atoms with Crippen molar-refractivity contribution in [1.29, 1.82) is 0 Å². The average molecular weight is 293 g/mol. The third-order valence-corrected chi connectivity index (χ3v) is 3.25. The van der Waals surface area contributed by atoms with E-state index in [0.29, 0.717) is 11.3 Å². The highest BCUT2D eigenvalue weighted by Gasteiger charge is 2.07. The summed E-state index contributed by atoms with van der Waals surface area (Å²) in [5.74, 6) is 0.181. The molecular weight excluding hydrogens is 280 g/mol. The van der Waals surface area contributed by atoms with E-state index < -0.39 is 9.84 Å². The summed E-state index contributed by atoms with van der Waals surface area (Å²) in [6.45, 7) is 0.0153. The van der Waals surface area contributed by atoms with Crippen molar-refractivity contribution in [3.63, 3.8) is 0 Å². The van der Waals surface area contributed by atoms with Crippen molar-refractivity contribution in [1.82, 2.24) is 0 Å². The van der Waals surface area contributed by atoms with Crippen LogP contribution in [0.5, 0.6) is 5.75 Å². The van der Waals surface area contributed by atoms with Crippen LogP contribution in [0.4, 0.5) is 0 Å². The Hall–Kier alpha value is -1.47. The summed E-state index contributed by atoms with van der Waals surface area (Å²) < 4.78 is 27.1. The lowest BCUT2D eigenvalue weighted by Crippen LogP contribution is -2.14. The summed E-state index contributed by atoms with van der Waals surface area (Å²) in [4.78, 5) is 0. The molecule has 0 saturated carbocycles. The Morgan fingerprint density at radius 2 is 2.22 bits per heavy atom. The van der Waals surface area contributed by atoms with E-state index in [2.05, 4.69) is 5.16 Å². The maximum absolute atomic E-state index is 10.9. The minimum atomic E-state index is -3.07. The molecule has 0 aromatic heterocycles. The van der Waals surface area contributed by atoms with E-state index >= 15 is 0 Å². The summed E-state index contributed by atoms with van der Waals surface area (Å²) in [6.07, 6.45) is 1.12. The highest BCUT2D eigenvalue weighted by Crippen LogP contribution is 2.25. The SMILES string of the molecule is CS(=O)(=O)CCOc1ccc(/C(N)=N/O)cc1Cl. The molecule has 3 N–H and O–H groups in total. The molecule has 0 radical (unpaired) electrons. The number of sulfone groups is 1. The Labute approximate surface area is 110 Å². The highest BCUT2D eigenvalue weighted by molar-refractivity contribution is 7.90. The number of halogens is 1. The minimum absolute atomic E-state index is 0.0153. The van der Waals surface area contributed by atoms with Gasteiger partial charge in [0.15, 0.2) is 15.7 Å². The van der Waals surface area contributed by atoms with Crippen LogP contribution >= 0.6 is 11.6 Å². The second kappa shape index (κ2) is 5.92. The van der Waals surface area contributed by atoms with Crippen LogP contribution in [0.2, 0.25) is 5.02 Å². The van der Waals surface area contributed by atoms with Crippen molar-refractivity contribution in [2.75, 3.05) is 18.6 Å². The second-order valence-electron chi connectivity index (χ2n) is 3.61. The number of oxime groups is 1. The van der Waals surface area contributed by atoms with E-state index in [1.807, 2.05) is 0 Å². The number of nitrogens with zero attached hydrogens (tertiary/aromatic N) is 1. The number of amidine groups is 1. The van der Waals surface area contributed by atoms with Crippen molar-refractivity contribution < 1.29 is 18.4 Å². The van der Waals surface area contributed by atoms with Gasteiger partial charge in [0.2, 0.25) is 0 Å². The quantitative estimate of drug-likeness (QED) is 0.363. The number of hydrogen-bond donors (Lipinski definition) is 2. The summed E-state index contributed by atoms with van der Waals surface area (Å²) in [6, 6.07) is 4.54. The predicted molar refractivity (Wildman–Crippen MR) is 69.2 cm³/mol. The zero-order valence-corrected chi connectivity index (χ0v) is 11.2. The van der Waals surface area contributed by atoms with Gasteiger partial charge in [0.05, 0.1) is 10.8 Å². The molecule has 1 aromatic carbocycles. The molecule has 0 saturated heterocycles. The molecular formula is C10H13ClN2O4S. The van der Waals surface area contributed by atoms with E-state index in [1.54, 1.807) is 6.07 Å². The van der Waals surface area contributed by atoms with Crippen molar-refractivity contribution in [3.8, 4) is 5.75 Å². The van der Waals surface area contributed by atoms with Crippen LogP contribution in [-0.4, -0.2) is 38.1 Å². The first kappa shape index (κ1) is 14.6. The molecule has 18 heavy (non-hydrogen) atoms. The second-order valence-corrected chi connectivity index (χ2v) is 6.28. The molecule has 0 spiro atoms. The fourth-order valence-electron chi connectivity index (χ4n) is 1.14. The Kier molecular flexibility index (Phi) is 4.80. The maximum Gasteiger partial charge on any atom is 0.170 e. The molecule has 0 fully saturated rings. The van der Waals surface area contributed by atoms with Crippen molar-refractivity contribution in [3.05, 3.63) is 28.8 Å². The normalized spacial score (nSPS) is 12.4. The monoisotopic (exact) mass is 292 g/mol. The lowest BCUT2D eigenvalue weighted by atomic mass is 10.2. The topological polar surface area (TPSA) is 102 Å². The first-order valence-electron chi connectivity index (χ1n) is 4.91. The fourth-order valence-corrected chi connectivity index (χ4v) is 1.76. The average Bonchev–Trinajstić information content (AvgIpc) is 2.28. The first-order valence-corrected chi connectivity index (χ1v) is 7.35. The molecule has 1 rings (SSSR count). The highest BCUT2D eigenvalue weighted by atomic mass is 35.5. The predicted octanol–water partition coefficient (Wildman–Crippen LogP) is 0.858. The van der Waals surface area contributed by atoms with Gasteiger partial charge >= 0.3 is 0 Å². The van der Waals surface area contributed by atoms with Crippen LogP contribution in [0.15, 0.2) is 23.4 Å². The van der Waals surface area contributed by atoms with Gasteiger partial charge in [0.1, 0.15) is 12.4 Å². The van der Waals surface area contributed by atoms with Crippen LogP contribution in [0.3, 0.4) is 0 Å². The Bertz CT molecular complexity index is 557. The summed E-state index contributed by atoms with van der Waals surface area (Å²) in [5.41, 5.74) is 5.83. The molecule has 0 aliphatic rings. The zero-order chi connectivity index (χ0) is 13.8. The van der Waals surface area contributed by atoms with Crippen LogP contribution < -0.4 is 10.5 Å². The largest absolute Gasteiger partial charge is 0.491 e. The molecule has 100 valence electrons. The first-order chi connectivity index (χ1) is 8.33. The van der Waals surface area contributed by atoms with Crippen LogP contribution in [0, 0.1) is 0 Å². The lowest BCUT2D eigenvalue weighted by molar-refractivity contribution is 0.318. The fraction of sp³-hybridized carbons (Fsp3) is 0.300. The molecule has 0 heterocycles. The van der Waals surface area contributed by atoms with Crippen LogP contribution in [0.25, 0.3) is 0 Å². The van der Waals surface area contributed by atoms with Crippen molar-refractivity contribution in [2.45, 2.75) is 0 Å². The molecule has 1 aromatic rings. The Morgan fingerprint density at radius 3 is 2.72 bits per heavy atom. The molecule has 0 bridgehead atoms. The smallest absolute Gasteiger partial charge is 0.170 e. The van der Waals surface area contributed by atoms with E-state index in [1.165, 1.54) is 12.1 Å². The molecule has 6 nitrogen and oxygen atoms in total. The summed E-state index contributed by atoms with van der Waals surface area (Å²) in [5, 5.41) is 11.6. The molecule has 0 aliphatic heterocycles. The Balaban J connectivity index is 2.75. The van der Waals surface area contributed by atoms with Gasteiger partial charge in [-0.25, -0.2) is 8.42 Å². The van der Waals surface area contributed by atoms with Gasteiger partial charge < -0.3 is 15.7 Å². The number of benzene rings is 1. The van der Waals surface area contributed by atoms with Gasteiger partial charge in [0.25, 0.3) is 0 Å². The third kappa shape index (κ3) is 4.42. The molecule has 0 amide bonds. The molecule has 0 aliphatic carbocycles. The lowest BCUT2D eigenvalue weighted by Gasteiger charge is -2.08. The number of ether oxygens (including phenoxy) is 1. The number of hydrogen-bond acceptors (Lipinski definition) is 5. The van der Waals surface area contributed by atoms with Gasteiger partial charge in [-0.2, -0.15) is 0 Å². The van der Waals surface area contributed by atoms with Gasteiger partial charge in [0, 0.05) is 11.8 Å². The number of nitrogens with two attached hydrogens (primary N) is 1. The van der Waals surface area contributed by atoms with Gasteiger partial charge in [-0.1, -0.05) is 16.8 Å².